The van der Waals surface area contributed by atoms with Gasteiger partial charge in [0.15, 0.2) is 0 Å². The maximum absolute atomic E-state index is 6.17. The van der Waals surface area contributed by atoms with Crippen LogP contribution in [0.1, 0.15) is 12.8 Å². The fourth-order valence-corrected chi connectivity index (χ4v) is 5.79. The van der Waals surface area contributed by atoms with E-state index >= 15 is 0 Å². The smallest absolute Gasteiger partial charge is 0.130 e. The van der Waals surface area contributed by atoms with Crippen LogP contribution in [-0.4, -0.2) is 30.9 Å². The minimum atomic E-state index is -0.529. The lowest BCUT2D eigenvalue weighted by molar-refractivity contribution is 0.396. The molecule has 1 aliphatic heterocycles. The number of halogens is 2. The summed E-state index contributed by atoms with van der Waals surface area (Å²) in [5.41, 5.74) is 0. The molecule has 0 unspecified atom stereocenters. The van der Waals surface area contributed by atoms with Gasteiger partial charge in [0.2, 0.25) is 0 Å². The Labute approximate surface area is 119 Å². The summed E-state index contributed by atoms with van der Waals surface area (Å²) in [6, 6.07) is 6.04. The molecule has 1 aromatic rings. The van der Waals surface area contributed by atoms with Crippen LogP contribution in [0.15, 0.2) is 18.2 Å². The molecule has 2 nitrogen and oxygen atoms in total. The minimum absolute atomic E-state index is 0.219. The standard InChI is InChI=1S/C13H17Cl2O2P/c1-16-10-3-4-12(11(9-10)17-2)18-7-5-13(14,15)6-8-18/h3-4,9H,5-8H2,1-2H3. The maximum atomic E-state index is 6.17. The molecule has 0 radical (unpaired) electrons. The Hall–Kier alpha value is -0.170. The number of methoxy groups -OCH3 is 2. The molecule has 0 saturated carbocycles. The van der Waals surface area contributed by atoms with Crippen molar-refractivity contribution in [3.63, 3.8) is 0 Å². The van der Waals surface area contributed by atoms with E-state index in [9.17, 15) is 0 Å². The van der Waals surface area contributed by atoms with Gasteiger partial charge in [-0.25, -0.2) is 0 Å². The molecule has 5 heteroatoms. The number of alkyl halides is 2. The zero-order valence-corrected chi connectivity index (χ0v) is 13.0. The Balaban J connectivity index is 2.18. The van der Waals surface area contributed by atoms with Gasteiger partial charge in [-0.15, -0.1) is 23.2 Å². The first-order chi connectivity index (χ1) is 8.55. The molecule has 1 aliphatic rings. The van der Waals surface area contributed by atoms with Gasteiger partial charge in [-0.1, -0.05) is 7.92 Å². The molecule has 0 aromatic heterocycles. The molecule has 2 rings (SSSR count). The second kappa shape index (κ2) is 5.86. The molecule has 1 fully saturated rings. The molecule has 1 saturated heterocycles. The lowest BCUT2D eigenvalue weighted by Crippen LogP contribution is -2.25. The second-order valence-electron chi connectivity index (χ2n) is 4.38. The maximum Gasteiger partial charge on any atom is 0.130 e. The molecule has 1 heterocycles. The molecule has 0 bridgehead atoms. The summed E-state index contributed by atoms with van der Waals surface area (Å²) in [6.07, 6.45) is 3.84. The van der Waals surface area contributed by atoms with E-state index in [0.29, 0.717) is 0 Å². The van der Waals surface area contributed by atoms with Gasteiger partial charge in [-0.2, -0.15) is 0 Å². The van der Waals surface area contributed by atoms with E-state index in [2.05, 4.69) is 6.07 Å². The van der Waals surface area contributed by atoms with Gasteiger partial charge in [0.25, 0.3) is 0 Å². The van der Waals surface area contributed by atoms with Crippen molar-refractivity contribution < 1.29 is 9.47 Å². The number of hydrogen-bond donors (Lipinski definition) is 0. The molecule has 100 valence electrons. The lowest BCUT2D eigenvalue weighted by Gasteiger charge is -2.31. The van der Waals surface area contributed by atoms with Crippen molar-refractivity contribution in [1.29, 1.82) is 0 Å². The highest BCUT2D eigenvalue weighted by atomic mass is 35.5. The summed E-state index contributed by atoms with van der Waals surface area (Å²) in [4.78, 5) is 0. The Morgan fingerprint density at radius 1 is 1.11 bits per heavy atom. The van der Waals surface area contributed by atoms with Gasteiger partial charge in [0.1, 0.15) is 15.8 Å². The van der Waals surface area contributed by atoms with Gasteiger partial charge < -0.3 is 9.47 Å². The molecule has 0 atom stereocenters. The van der Waals surface area contributed by atoms with Crippen molar-refractivity contribution in [3.05, 3.63) is 18.2 Å². The van der Waals surface area contributed by atoms with Gasteiger partial charge >= 0.3 is 0 Å². The fourth-order valence-electron chi connectivity index (χ4n) is 2.12. The van der Waals surface area contributed by atoms with Crippen LogP contribution in [0.5, 0.6) is 11.5 Å². The predicted octanol–water partition coefficient (Wildman–Crippen LogP) is 3.78. The van der Waals surface area contributed by atoms with Crippen molar-refractivity contribution in [2.75, 3.05) is 26.5 Å². The SMILES string of the molecule is COc1ccc(P2CCC(Cl)(Cl)CC2)c(OC)c1. The first kappa shape index (κ1) is 14.2. The number of hydrogen-bond acceptors (Lipinski definition) is 2. The van der Waals surface area contributed by atoms with Gasteiger partial charge in [0.05, 0.1) is 14.2 Å². The quantitative estimate of drug-likeness (QED) is 0.625. The molecule has 0 amide bonds. The molecule has 0 aliphatic carbocycles. The van der Waals surface area contributed by atoms with Crippen LogP contribution in [0, 0.1) is 0 Å². The molecular weight excluding hydrogens is 290 g/mol. The predicted molar refractivity (Wildman–Crippen MR) is 79.5 cm³/mol. The van der Waals surface area contributed by atoms with Crippen LogP contribution in [0.3, 0.4) is 0 Å². The zero-order valence-electron chi connectivity index (χ0n) is 10.6. The molecule has 1 aromatic carbocycles. The van der Waals surface area contributed by atoms with Gasteiger partial charge in [-0.05, 0) is 37.3 Å². The summed E-state index contributed by atoms with van der Waals surface area (Å²) >= 11 is 12.3. The van der Waals surface area contributed by atoms with Crippen molar-refractivity contribution in [2.24, 2.45) is 0 Å². The second-order valence-corrected chi connectivity index (χ2v) is 8.48. The van der Waals surface area contributed by atoms with E-state index < -0.39 is 4.33 Å². The molecule has 18 heavy (non-hydrogen) atoms. The first-order valence-corrected chi connectivity index (χ1v) is 8.37. The minimum Gasteiger partial charge on any atom is -0.497 e. The number of ether oxygens (including phenoxy) is 2. The Morgan fingerprint density at radius 3 is 2.33 bits per heavy atom. The van der Waals surface area contributed by atoms with Crippen LogP contribution in [0.4, 0.5) is 0 Å². The summed E-state index contributed by atoms with van der Waals surface area (Å²) in [5.74, 6) is 1.74. The van der Waals surface area contributed by atoms with Crippen LogP contribution in [0.25, 0.3) is 0 Å². The Morgan fingerprint density at radius 2 is 1.78 bits per heavy atom. The van der Waals surface area contributed by atoms with Crippen molar-refractivity contribution in [2.45, 2.75) is 17.2 Å². The summed E-state index contributed by atoms with van der Waals surface area (Å²) in [7, 11) is 3.14. The summed E-state index contributed by atoms with van der Waals surface area (Å²) in [5, 5.41) is 1.29. The summed E-state index contributed by atoms with van der Waals surface area (Å²) < 4.78 is 10.2. The fraction of sp³-hybridized carbons (Fsp3) is 0.538. The highest BCUT2D eigenvalue weighted by molar-refractivity contribution is 7.65. The van der Waals surface area contributed by atoms with Gasteiger partial charge in [0, 0.05) is 11.4 Å². The largest absolute Gasteiger partial charge is 0.497 e. The topological polar surface area (TPSA) is 18.5 Å². The van der Waals surface area contributed by atoms with E-state index in [1.807, 2.05) is 12.1 Å². The summed E-state index contributed by atoms with van der Waals surface area (Å²) in [6.45, 7) is 0. The Bertz CT molecular complexity index is 413. The van der Waals surface area contributed by atoms with E-state index in [1.54, 1.807) is 14.2 Å². The highest BCUT2D eigenvalue weighted by Gasteiger charge is 2.32. The lowest BCUT2D eigenvalue weighted by atomic mass is 10.2. The van der Waals surface area contributed by atoms with E-state index in [4.69, 9.17) is 32.7 Å². The van der Waals surface area contributed by atoms with Crippen molar-refractivity contribution in [3.8, 4) is 11.5 Å². The van der Waals surface area contributed by atoms with Crippen LogP contribution in [0.2, 0.25) is 0 Å². The third kappa shape index (κ3) is 3.23. The number of benzene rings is 1. The number of rotatable bonds is 3. The average Bonchev–Trinajstić information content (AvgIpc) is 2.38. The third-order valence-electron chi connectivity index (χ3n) is 3.22. The van der Waals surface area contributed by atoms with E-state index in [0.717, 1.165) is 36.7 Å². The van der Waals surface area contributed by atoms with Gasteiger partial charge in [-0.3, -0.25) is 0 Å². The van der Waals surface area contributed by atoms with Crippen molar-refractivity contribution >= 4 is 36.4 Å². The van der Waals surface area contributed by atoms with E-state index in [1.165, 1.54) is 5.30 Å². The Kier molecular flexibility index (Phi) is 4.64. The molecular formula is C13H17Cl2O2P. The van der Waals surface area contributed by atoms with Crippen LogP contribution < -0.4 is 14.8 Å². The van der Waals surface area contributed by atoms with E-state index in [-0.39, 0.29) is 7.92 Å². The van der Waals surface area contributed by atoms with Crippen LogP contribution in [-0.2, 0) is 0 Å². The molecule has 0 N–H and O–H groups in total. The first-order valence-electron chi connectivity index (χ1n) is 5.90. The normalized spacial score (nSPS) is 19.6. The third-order valence-corrected chi connectivity index (χ3v) is 6.56. The van der Waals surface area contributed by atoms with Crippen molar-refractivity contribution in [1.82, 2.24) is 0 Å². The van der Waals surface area contributed by atoms with Crippen LogP contribution >= 0.6 is 31.1 Å². The average molecular weight is 307 g/mol. The molecule has 0 spiro atoms. The monoisotopic (exact) mass is 306 g/mol. The zero-order chi connectivity index (χ0) is 13.2. The highest BCUT2D eigenvalue weighted by Crippen LogP contribution is 2.49.